The molecule has 126 valence electrons. The van der Waals surface area contributed by atoms with Crippen molar-refractivity contribution < 1.29 is 9.18 Å². The van der Waals surface area contributed by atoms with E-state index in [0.29, 0.717) is 25.2 Å². The number of halogens is 1. The predicted molar refractivity (Wildman–Crippen MR) is 93.4 cm³/mol. The molecule has 4 heteroatoms. The quantitative estimate of drug-likeness (QED) is 0.860. The second-order valence-corrected chi connectivity index (χ2v) is 6.21. The summed E-state index contributed by atoms with van der Waals surface area (Å²) in [6.45, 7) is 5.61. The van der Waals surface area contributed by atoms with Gasteiger partial charge in [-0.3, -0.25) is 9.69 Å². The van der Waals surface area contributed by atoms with Crippen molar-refractivity contribution in [1.82, 2.24) is 9.80 Å². The Kier molecular flexibility index (Phi) is 5.26. The van der Waals surface area contributed by atoms with Gasteiger partial charge in [0.2, 0.25) is 0 Å². The lowest BCUT2D eigenvalue weighted by Crippen LogP contribution is -2.48. The Morgan fingerprint density at radius 2 is 1.67 bits per heavy atom. The van der Waals surface area contributed by atoms with E-state index < -0.39 is 0 Å². The van der Waals surface area contributed by atoms with Crippen LogP contribution in [0, 0.1) is 5.82 Å². The van der Waals surface area contributed by atoms with E-state index in [0.717, 1.165) is 25.1 Å². The van der Waals surface area contributed by atoms with Gasteiger partial charge in [0.05, 0.1) is 0 Å². The van der Waals surface area contributed by atoms with E-state index in [1.165, 1.54) is 11.6 Å². The van der Waals surface area contributed by atoms with Crippen LogP contribution in [0.4, 0.5) is 4.39 Å². The minimum absolute atomic E-state index is 0.0863. The van der Waals surface area contributed by atoms with E-state index in [1.54, 1.807) is 6.07 Å². The Labute approximate surface area is 142 Å². The summed E-state index contributed by atoms with van der Waals surface area (Å²) in [6, 6.07) is 14.7. The first-order valence-electron chi connectivity index (χ1n) is 8.51. The summed E-state index contributed by atoms with van der Waals surface area (Å²) >= 11 is 0. The van der Waals surface area contributed by atoms with Crippen molar-refractivity contribution in [3.8, 4) is 0 Å². The molecule has 0 bridgehead atoms. The van der Waals surface area contributed by atoms with Gasteiger partial charge in [-0.05, 0) is 30.2 Å². The maximum Gasteiger partial charge on any atom is 0.253 e. The highest BCUT2D eigenvalue weighted by molar-refractivity contribution is 5.94. The third kappa shape index (κ3) is 3.82. The SMILES string of the molecule is CCc1ccc(C(=O)N2CCN(Cc3ccccc3F)CC2)cc1. The number of hydrogen-bond acceptors (Lipinski definition) is 2. The number of aryl methyl sites for hydroxylation is 1. The summed E-state index contributed by atoms with van der Waals surface area (Å²) in [5.74, 6) is -0.0739. The van der Waals surface area contributed by atoms with Crippen molar-refractivity contribution in [2.24, 2.45) is 0 Å². The normalized spacial score (nSPS) is 15.5. The number of rotatable bonds is 4. The maximum atomic E-state index is 13.7. The van der Waals surface area contributed by atoms with Crippen molar-refractivity contribution >= 4 is 5.91 Å². The maximum absolute atomic E-state index is 13.7. The Bertz CT molecular complexity index is 691. The molecule has 1 amide bonds. The highest BCUT2D eigenvalue weighted by atomic mass is 19.1. The molecular weight excluding hydrogens is 303 g/mol. The third-order valence-corrected chi connectivity index (χ3v) is 4.62. The number of hydrogen-bond donors (Lipinski definition) is 0. The standard InChI is InChI=1S/C20H23FN2O/c1-2-16-7-9-17(10-8-16)20(24)23-13-11-22(12-14-23)15-18-5-3-4-6-19(18)21/h3-10H,2,11-15H2,1H3. The number of carbonyl (C=O) groups excluding carboxylic acids is 1. The molecule has 3 nitrogen and oxygen atoms in total. The molecule has 0 N–H and O–H groups in total. The molecule has 0 saturated carbocycles. The lowest BCUT2D eigenvalue weighted by Gasteiger charge is -2.34. The van der Waals surface area contributed by atoms with Crippen LogP contribution >= 0.6 is 0 Å². The molecule has 0 radical (unpaired) electrons. The van der Waals surface area contributed by atoms with E-state index in [9.17, 15) is 9.18 Å². The smallest absolute Gasteiger partial charge is 0.253 e. The summed E-state index contributed by atoms with van der Waals surface area (Å²) in [7, 11) is 0. The molecule has 0 atom stereocenters. The molecule has 2 aromatic rings. The first-order chi connectivity index (χ1) is 11.7. The van der Waals surface area contributed by atoms with Gasteiger partial charge in [-0.15, -0.1) is 0 Å². The molecule has 0 spiro atoms. The van der Waals surface area contributed by atoms with Gasteiger partial charge in [0, 0.05) is 43.9 Å². The first kappa shape index (κ1) is 16.7. The monoisotopic (exact) mass is 326 g/mol. The summed E-state index contributed by atoms with van der Waals surface area (Å²) in [4.78, 5) is 16.7. The van der Waals surface area contributed by atoms with Gasteiger partial charge >= 0.3 is 0 Å². The fraction of sp³-hybridized carbons (Fsp3) is 0.350. The van der Waals surface area contributed by atoms with Crippen LogP contribution in [0.15, 0.2) is 48.5 Å². The predicted octanol–water partition coefficient (Wildman–Crippen LogP) is 3.35. The third-order valence-electron chi connectivity index (χ3n) is 4.62. The van der Waals surface area contributed by atoms with Crippen molar-refractivity contribution in [3.05, 3.63) is 71.0 Å². The van der Waals surface area contributed by atoms with Crippen LogP contribution in [0.1, 0.15) is 28.4 Å². The summed E-state index contributed by atoms with van der Waals surface area (Å²) in [6.07, 6.45) is 0.975. The molecule has 1 fully saturated rings. The number of benzene rings is 2. The van der Waals surface area contributed by atoms with Crippen LogP contribution in [0.5, 0.6) is 0 Å². The van der Waals surface area contributed by atoms with E-state index in [1.807, 2.05) is 41.3 Å². The molecule has 1 aliphatic rings. The van der Waals surface area contributed by atoms with Gasteiger partial charge in [0.25, 0.3) is 5.91 Å². The van der Waals surface area contributed by atoms with Crippen LogP contribution in [-0.4, -0.2) is 41.9 Å². The van der Waals surface area contributed by atoms with Crippen LogP contribution in [-0.2, 0) is 13.0 Å². The van der Waals surface area contributed by atoms with Crippen LogP contribution in [0.25, 0.3) is 0 Å². The Hall–Kier alpha value is -2.20. The largest absolute Gasteiger partial charge is 0.336 e. The van der Waals surface area contributed by atoms with Gasteiger partial charge in [0.1, 0.15) is 5.82 Å². The van der Waals surface area contributed by atoms with Crippen LogP contribution in [0.2, 0.25) is 0 Å². The number of piperazine rings is 1. The molecule has 24 heavy (non-hydrogen) atoms. The molecule has 0 unspecified atom stereocenters. The van der Waals surface area contributed by atoms with Crippen molar-refractivity contribution in [2.45, 2.75) is 19.9 Å². The first-order valence-corrected chi connectivity index (χ1v) is 8.51. The highest BCUT2D eigenvalue weighted by Crippen LogP contribution is 2.14. The molecule has 1 aliphatic heterocycles. The average molecular weight is 326 g/mol. The van der Waals surface area contributed by atoms with Gasteiger partial charge < -0.3 is 4.90 Å². The molecular formula is C20H23FN2O. The molecule has 3 rings (SSSR count). The topological polar surface area (TPSA) is 23.6 Å². The molecule has 0 aromatic heterocycles. The Balaban J connectivity index is 1.56. The van der Waals surface area contributed by atoms with Crippen LogP contribution < -0.4 is 0 Å². The molecule has 0 aliphatic carbocycles. The Morgan fingerprint density at radius 3 is 2.29 bits per heavy atom. The number of nitrogens with zero attached hydrogens (tertiary/aromatic N) is 2. The Morgan fingerprint density at radius 1 is 1.00 bits per heavy atom. The second kappa shape index (κ2) is 7.58. The fourth-order valence-electron chi connectivity index (χ4n) is 3.04. The summed E-state index contributed by atoms with van der Waals surface area (Å²) in [5.41, 5.74) is 2.70. The van der Waals surface area contributed by atoms with Crippen molar-refractivity contribution in [2.75, 3.05) is 26.2 Å². The summed E-state index contributed by atoms with van der Waals surface area (Å²) in [5, 5.41) is 0. The zero-order valence-corrected chi connectivity index (χ0v) is 14.0. The van der Waals surface area contributed by atoms with Gasteiger partial charge in [0.15, 0.2) is 0 Å². The average Bonchev–Trinajstić information content (AvgIpc) is 2.64. The zero-order chi connectivity index (χ0) is 16.9. The highest BCUT2D eigenvalue weighted by Gasteiger charge is 2.22. The van der Waals surface area contributed by atoms with E-state index in [4.69, 9.17) is 0 Å². The van der Waals surface area contributed by atoms with Crippen molar-refractivity contribution in [3.63, 3.8) is 0 Å². The van der Waals surface area contributed by atoms with E-state index in [2.05, 4.69) is 11.8 Å². The van der Waals surface area contributed by atoms with Gasteiger partial charge in [-0.25, -0.2) is 4.39 Å². The summed E-state index contributed by atoms with van der Waals surface area (Å²) < 4.78 is 13.7. The zero-order valence-electron chi connectivity index (χ0n) is 14.0. The van der Waals surface area contributed by atoms with E-state index in [-0.39, 0.29) is 11.7 Å². The molecule has 2 aromatic carbocycles. The second-order valence-electron chi connectivity index (χ2n) is 6.21. The lowest BCUT2D eigenvalue weighted by molar-refractivity contribution is 0.0627. The van der Waals surface area contributed by atoms with Gasteiger partial charge in [-0.2, -0.15) is 0 Å². The minimum atomic E-state index is -0.160. The lowest BCUT2D eigenvalue weighted by atomic mass is 10.1. The number of amides is 1. The molecule has 1 saturated heterocycles. The fourth-order valence-corrected chi connectivity index (χ4v) is 3.04. The van der Waals surface area contributed by atoms with Crippen molar-refractivity contribution in [1.29, 1.82) is 0 Å². The minimum Gasteiger partial charge on any atom is -0.336 e. The molecule has 1 heterocycles. The van der Waals surface area contributed by atoms with Crippen LogP contribution in [0.3, 0.4) is 0 Å². The van der Waals surface area contributed by atoms with E-state index >= 15 is 0 Å². The van der Waals surface area contributed by atoms with Gasteiger partial charge in [-0.1, -0.05) is 37.3 Å². The number of carbonyl (C=O) groups is 1.